The van der Waals surface area contributed by atoms with Gasteiger partial charge < -0.3 is 20.4 Å². The number of piperidine rings is 1. The van der Waals surface area contributed by atoms with E-state index >= 15 is 0 Å². The van der Waals surface area contributed by atoms with Gasteiger partial charge in [0.05, 0.1) is 28.3 Å². The minimum absolute atomic E-state index is 0.0373. The summed E-state index contributed by atoms with van der Waals surface area (Å²) in [4.78, 5) is 62.6. The number of hydrogen-bond donors (Lipinski definition) is 2. The predicted octanol–water partition coefficient (Wildman–Crippen LogP) is 1.91. The molecular formula is C31H38N8O4S. The molecule has 2 aromatic heterocycles. The number of nitrogens with zero attached hydrogens (tertiary/aromatic N) is 6. The zero-order valence-electron chi connectivity index (χ0n) is 24.9. The van der Waals surface area contributed by atoms with Gasteiger partial charge in [0.25, 0.3) is 5.91 Å². The number of aromatic nitrogens is 4. The normalized spacial score (nSPS) is 23.1. The summed E-state index contributed by atoms with van der Waals surface area (Å²) in [6.45, 7) is 4.61. The molecular weight excluding hydrogens is 580 g/mol. The van der Waals surface area contributed by atoms with Crippen LogP contribution in [0.4, 0.5) is 0 Å². The van der Waals surface area contributed by atoms with Crippen LogP contribution in [0.1, 0.15) is 58.2 Å². The molecule has 6 rings (SSSR count). The highest BCUT2D eigenvalue weighted by Gasteiger charge is 2.37. The number of carbonyl (C=O) groups is 4. The van der Waals surface area contributed by atoms with Crippen molar-refractivity contribution in [3.8, 4) is 5.69 Å². The van der Waals surface area contributed by atoms with E-state index in [1.807, 2.05) is 47.1 Å². The van der Waals surface area contributed by atoms with E-state index in [9.17, 15) is 19.2 Å². The minimum atomic E-state index is -0.867. The molecule has 4 bridgehead atoms. The van der Waals surface area contributed by atoms with Gasteiger partial charge in [0.1, 0.15) is 10.9 Å². The second kappa shape index (κ2) is 13.2. The monoisotopic (exact) mass is 618 g/mol. The third-order valence-corrected chi connectivity index (χ3v) is 10.0. The lowest BCUT2D eigenvalue weighted by molar-refractivity contribution is -0.133. The van der Waals surface area contributed by atoms with Gasteiger partial charge in [0.15, 0.2) is 0 Å². The van der Waals surface area contributed by atoms with E-state index in [2.05, 4.69) is 25.9 Å². The summed E-state index contributed by atoms with van der Waals surface area (Å²) in [6, 6.07) is 8.68. The van der Waals surface area contributed by atoms with Crippen LogP contribution in [0.3, 0.4) is 0 Å². The Balaban J connectivity index is 1.24. The van der Waals surface area contributed by atoms with Crippen molar-refractivity contribution in [3.05, 3.63) is 57.8 Å². The molecule has 2 fully saturated rings. The second-order valence-electron chi connectivity index (χ2n) is 11.9. The van der Waals surface area contributed by atoms with Crippen LogP contribution in [0.25, 0.3) is 5.69 Å². The number of fused-ring (bicyclic) bond motifs is 4. The van der Waals surface area contributed by atoms with E-state index in [4.69, 9.17) is 0 Å². The largest absolute Gasteiger partial charge is 0.354 e. The smallest absolute Gasteiger partial charge is 0.265 e. The molecule has 3 aromatic rings. The van der Waals surface area contributed by atoms with Crippen molar-refractivity contribution in [2.24, 2.45) is 11.8 Å². The number of benzene rings is 1. The molecule has 3 atom stereocenters. The highest BCUT2D eigenvalue weighted by molar-refractivity contribution is 7.13. The molecule has 0 radical (unpaired) electrons. The Hall–Kier alpha value is -4.13. The summed E-state index contributed by atoms with van der Waals surface area (Å²) in [5.41, 5.74) is 2.08. The molecule has 2 saturated heterocycles. The fourth-order valence-corrected chi connectivity index (χ4v) is 7.44. The van der Waals surface area contributed by atoms with Crippen molar-refractivity contribution in [2.75, 3.05) is 32.7 Å². The first-order chi connectivity index (χ1) is 21.3. The lowest BCUT2D eigenvalue weighted by Gasteiger charge is -2.38. The van der Waals surface area contributed by atoms with Gasteiger partial charge in [-0.05, 0) is 50.2 Å². The molecule has 3 aliphatic heterocycles. The van der Waals surface area contributed by atoms with E-state index in [-0.39, 0.29) is 48.3 Å². The first-order valence-electron chi connectivity index (χ1n) is 15.4. The molecule has 4 amide bonds. The van der Waals surface area contributed by atoms with Gasteiger partial charge in [-0.1, -0.05) is 23.4 Å². The Labute approximate surface area is 260 Å². The molecule has 13 heteroatoms. The van der Waals surface area contributed by atoms with Crippen LogP contribution in [0.5, 0.6) is 0 Å². The zero-order valence-corrected chi connectivity index (χ0v) is 25.7. The Bertz CT molecular complexity index is 1520. The van der Waals surface area contributed by atoms with E-state index in [0.717, 1.165) is 36.6 Å². The van der Waals surface area contributed by atoms with Crippen LogP contribution < -0.4 is 10.6 Å². The molecule has 232 valence electrons. The average molecular weight is 619 g/mol. The fraction of sp³-hybridized carbons (Fsp3) is 0.516. The summed E-state index contributed by atoms with van der Waals surface area (Å²) in [5, 5.41) is 15.1. The maximum Gasteiger partial charge on any atom is 0.265 e. The predicted molar refractivity (Wildman–Crippen MR) is 163 cm³/mol. The molecule has 3 aliphatic rings. The third kappa shape index (κ3) is 6.82. The SMILES string of the molecule is Cc1nc2sc1C(=O)N1CC[C@@H](CC(=O)N3CCCC3)[C@@H](CC(=O)N[C@H](Cc3cn(-c4ccccc4)nn3)C(=O)NCC2)C1. The van der Waals surface area contributed by atoms with Crippen molar-refractivity contribution in [1.29, 1.82) is 0 Å². The Morgan fingerprint density at radius 3 is 2.68 bits per heavy atom. The van der Waals surface area contributed by atoms with Gasteiger partial charge in [-0.25, -0.2) is 9.67 Å². The lowest BCUT2D eigenvalue weighted by Crippen LogP contribution is -2.50. The summed E-state index contributed by atoms with van der Waals surface area (Å²) >= 11 is 1.36. The van der Waals surface area contributed by atoms with Gasteiger partial charge >= 0.3 is 0 Å². The molecule has 0 unspecified atom stereocenters. The topological polar surface area (TPSA) is 142 Å². The van der Waals surface area contributed by atoms with E-state index in [0.29, 0.717) is 55.2 Å². The number of thiazole rings is 1. The summed E-state index contributed by atoms with van der Waals surface area (Å²) in [6.07, 6.45) is 5.53. The van der Waals surface area contributed by atoms with Gasteiger partial charge in [0.2, 0.25) is 17.7 Å². The van der Waals surface area contributed by atoms with E-state index in [1.165, 1.54) is 11.3 Å². The highest BCUT2D eigenvalue weighted by Crippen LogP contribution is 2.32. The Morgan fingerprint density at radius 1 is 1.09 bits per heavy atom. The van der Waals surface area contributed by atoms with Crippen molar-refractivity contribution < 1.29 is 19.2 Å². The Morgan fingerprint density at radius 2 is 1.89 bits per heavy atom. The summed E-state index contributed by atoms with van der Waals surface area (Å²) in [7, 11) is 0. The van der Waals surface area contributed by atoms with Crippen LogP contribution in [0.15, 0.2) is 36.5 Å². The van der Waals surface area contributed by atoms with E-state index < -0.39 is 6.04 Å². The number of likely N-dealkylation sites (tertiary alicyclic amines) is 1. The number of carbonyl (C=O) groups excluding carboxylic acids is 4. The maximum atomic E-state index is 13.6. The fourth-order valence-electron chi connectivity index (χ4n) is 6.41. The first-order valence-corrected chi connectivity index (χ1v) is 16.2. The molecule has 0 spiro atoms. The second-order valence-corrected chi connectivity index (χ2v) is 13.0. The maximum absolute atomic E-state index is 13.6. The average Bonchev–Trinajstić information content (AvgIpc) is 3.79. The van der Waals surface area contributed by atoms with Crippen LogP contribution in [0, 0.1) is 18.8 Å². The van der Waals surface area contributed by atoms with Crippen molar-refractivity contribution in [2.45, 2.75) is 57.9 Å². The van der Waals surface area contributed by atoms with Gasteiger partial charge in [-0.2, -0.15) is 0 Å². The van der Waals surface area contributed by atoms with Crippen molar-refractivity contribution in [3.63, 3.8) is 0 Å². The number of nitrogens with one attached hydrogen (secondary N) is 2. The first kappa shape index (κ1) is 29.9. The standard InChI is InChI=1S/C31H38N8O4S/c1-20-29-31(43)38-14-10-21(16-28(41)37-12-5-6-13-37)22(18-38)15-26(40)34-25(30(42)32-11-9-27(33-20)44-29)17-23-19-39(36-35-23)24-7-3-2-4-8-24/h2-4,7-8,19,21-22,25H,5-6,9-18H2,1H3,(H,32,42)(H,34,40)/t21-,22-,25+/m0/s1. The molecule has 1 aromatic carbocycles. The highest BCUT2D eigenvalue weighted by atomic mass is 32.1. The quantitative estimate of drug-likeness (QED) is 0.445. The molecule has 2 N–H and O–H groups in total. The zero-order chi connectivity index (χ0) is 30.6. The molecule has 5 heterocycles. The summed E-state index contributed by atoms with van der Waals surface area (Å²) in [5.74, 6) is -0.837. The number of hydrogen-bond acceptors (Lipinski definition) is 8. The number of rotatable bonds is 5. The van der Waals surface area contributed by atoms with Crippen LogP contribution in [-0.2, 0) is 27.2 Å². The Kier molecular flexibility index (Phi) is 9.01. The molecule has 44 heavy (non-hydrogen) atoms. The van der Waals surface area contributed by atoms with E-state index in [1.54, 1.807) is 10.9 Å². The molecule has 12 nitrogen and oxygen atoms in total. The van der Waals surface area contributed by atoms with Crippen LogP contribution in [0.2, 0.25) is 0 Å². The third-order valence-electron chi connectivity index (χ3n) is 8.82. The minimum Gasteiger partial charge on any atom is -0.354 e. The van der Waals surface area contributed by atoms with Crippen molar-refractivity contribution >= 4 is 35.0 Å². The van der Waals surface area contributed by atoms with Gasteiger partial charge in [0, 0.05) is 58.4 Å². The van der Waals surface area contributed by atoms with Gasteiger partial charge in [-0.3, -0.25) is 19.2 Å². The van der Waals surface area contributed by atoms with Crippen LogP contribution in [-0.4, -0.2) is 92.2 Å². The number of para-hydroxylation sites is 1. The summed E-state index contributed by atoms with van der Waals surface area (Å²) < 4.78 is 1.64. The molecule has 0 saturated carbocycles. The lowest BCUT2D eigenvalue weighted by atomic mass is 9.80. The molecule has 0 aliphatic carbocycles. The van der Waals surface area contributed by atoms with Gasteiger partial charge in [-0.15, -0.1) is 16.4 Å². The number of amides is 4. The van der Waals surface area contributed by atoms with Crippen LogP contribution >= 0.6 is 11.3 Å². The number of aryl methyl sites for hydroxylation is 1. The van der Waals surface area contributed by atoms with Crippen molar-refractivity contribution in [1.82, 2.24) is 40.4 Å².